The number of esters is 1. The Balaban J connectivity index is 3.18. The molecule has 0 aliphatic carbocycles. The number of ether oxygens (including phenoxy) is 1. The third-order valence-electron chi connectivity index (χ3n) is 5.11. The lowest BCUT2D eigenvalue weighted by atomic mass is 10.1. The van der Waals surface area contributed by atoms with E-state index in [1.54, 1.807) is 6.92 Å². The van der Waals surface area contributed by atoms with Gasteiger partial charge in [-0.1, -0.05) is 26.8 Å². The van der Waals surface area contributed by atoms with Crippen molar-refractivity contribution in [3.8, 4) is 0 Å². The molecule has 0 amide bonds. The number of hydrogen-bond acceptors (Lipinski definition) is 5. The van der Waals surface area contributed by atoms with Crippen LogP contribution in [0.25, 0.3) is 0 Å². The molecule has 1 N–H and O–H groups in total. The first-order valence-corrected chi connectivity index (χ1v) is 13.9. The van der Waals surface area contributed by atoms with Crippen LogP contribution < -0.4 is 4.72 Å². The van der Waals surface area contributed by atoms with Crippen molar-refractivity contribution in [3.63, 3.8) is 0 Å². The molecule has 0 bridgehead atoms. The lowest BCUT2D eigenvalue weighted by Gasteiger charge is -2.37. The summed E-state index contributed by atoms with van der Waals surface area (Å²) >= 11 is -1.42. The summed E-state index contributed by atoms with van der Waals surface area (Å²) in [6, 6.07) is 3.61. The molecule has 29 heavy (non-hydrogen) atoms. The van der Waals surface area contributed by atoms with Crippen molar-refractivity contribution in [2.75, 3.05) is 13.2 Å². The van der Waals surface area contributed by atoms with Gasteiger partial charge in [0.15, 0.2) is 8.32 Å². The highest BCUT2D eigenvalue weighted by atomic mass is 32.2. The molecule has 2 unspecified atom stereocenters. The van der Waals surface area contributed by atoms with Crippen LogP contribution in [0.2, 0.25) is 18.1 Å². The molecule has 166 valence electrons. The zero-order valence-corrected chi connectivity index (χ0v) is 21.0. The first-order valence-electron chi connectivity index (χ1n) is 9.88. The number of halogens is 1. The third-order valence-corrected chi connectivity index (χ3v) is 11.2. The Morgan fingerprint density at radius 3 is 2.28 bits per heavy atom. The average Bonchev–Trinajstić information content (AvgIpc) is 2.56. The molecule has 0 fully saturated rings. The Bertz CT molecular complexity index is 701. The first kappa shape index (κ1) is 26.1. The van der Waals surface area contributed by atoms with Gasteiger partial charge in [-0.3, -0.25) is 0 Å². The predicted molar refractivity (Wildman–Crippen MR) is 119 cm³/mol. The van der Waals surface area contributed by atoms with E-state index in [4.69, 9.17) is 9.16 Å². The van der Waals surface area contributed by atoms with Gasteiger partial charge < -0.3 is 13.7 Å². The Labute approximate surface area is 179 Å². The van der Waals surface area contributed by atoms with Gasteiger partial charge in [0.1, 0.15) is 16.6 Å². The highest BCUT2D eigenvalue weighted by Crippen LogP contribution is 2.37. The molecule has 0 saturated heterocycles. The smallest absolute Gasteiger partial charge is 0.338 e. The Hall–Kier alpha value is -0.933. The molecule has 0 radical (unpaired) electrons. The minimum Gasteiger partial charge on any atom is -0.598 e. The topological polar surface area (TPSA) is 70.6 Å². The van der Waals surface area contributed by atoms with Crippen LogP contribution in [-0.2, 0) is 20.5 Å². The van der Waals surface area contributed by atoms with E-state index in [0.717, 1.165) is 6.07 Å². The number of rotatable bonds is 8. The summed E-state index contributed by atoms with van der Waals surface area (Å²) in [5.41, 5.74) is 0.462. The monoisotopic (exact) mass is 445 g/mol. The van der Waals surface area contributed by atoms with Gasteiger partial charge in [0, 0.05) is 16.9 Å². The summed E-state index contributed by atoms with van der Waals surface area (Å²) in [5.74, 6) is -1.13. The second-order valence-corrected chi connectivity index (χ2v) is 16.4. The van der Waals surface area contributed by atoms with Crippen molar-refractivity contribution >= 4 is 25.6 Å². The molecule has 5 nitrogen and oxygen atoms in total. The summed E-state index contributed by atoms with van der Waals surface area (Å²) < 4.78 is 41.3. The molecule has 2 atom stereocenters. The second-order valence-electron chi connectivity index (χ2n) is 9.58. The quantitative estimate of drug-likeness (QED) is 0.342. The van der Waals surface area contributed by atoms with E-state index in [1.165, 1.54) is 12.1 Å². The Kier molecular flexibility index (Phi) is 8.93. The minimum atomic E-state index is -2.09. The van der Waals surface area contributed by atoms with Crippen molar-refractivity contribution in [1.29, 1.82) is 0 Å². The SMILES string of the molecule is CCOC(=O)c1ccc(C(CO[Si](C)(C)C(C)(C)C)N[S+]([O-])C(C)(C)C)c(F)c1. The molecule has 0 aromatic heterocycles. The first-order chi connectivity index (χ1) is 13.1. The molecule has 1 aromatic carbocycles. The Morgan fingerprint density at radius 2 is 1.83 bits per heavy atom. The fraction of sp³-hybridized carbons (Fsp3) is 0.667. The molecule has 0 heterocycles. The molecular formula is C21H36FNO4SSi. The van der Waals surface area contributed by atoms with Crippen molar-refractivity contribution in [2.45, 2.75) is 77.4 Å². The van der Waals surface area contributed by atoms with E-state index in [2.05, 4.69) is 38.6 Å². The number of benzene rings is 1. The maximum Gasteiger partial charge on any atom is 0.338 e. The van der Waals surface area contributed by atoms with Crippen LogP contribution in [0.4, 0.5) is 4.39 Å². The third kappa shape index (κ3) is 7.36. The molecule has 8 heteroatoms. The summed E-state index contributed by atoms with van der Waals surface area (Å²) in [4.78, 5) is 11.9. The largest absolute Gasteiger partial charge is 0.598 e. The number of hydrogen-bond donors (Lipinski definition) is 1. The van der Waals surface area contributed by atoms with Gasteiger partial charge in [0.25, 0.3) is 0 Å². The van der Waals surface area contributed by atoms with Crippen LogP contribution >= 0.6 is 0 Å². The van der Waals surface area contributed by atoms with E-state index < -0.39 is 42.3 Å². The lowest BCUT2D eigenvalue weighted by Crippen LogP contribution is -2.46. The van der Waals surface area contributed by atoms with Gasteiger partial charge in [-0.05, 0) is 58.0 Å². The van der Waals surface area contributed by atoms with Gasteiger partial charge in [-0.2, -0.15) is 0 Å². The van der Waals surface area contributed by atoms with E-state index in [1.807, 2.05) is 20.8 Å². The van der Waals surface area contributed by atoms with Crippen molar-refractivity contribution in [3.05, 3.63) is 35.1 Å². The fourth-order valence-electron chi connectivity index (χ4n) is 2.15. The summed E-state index contributed by atoms with van der Waals surface area (Å²) in [6.07, 6.45) is 0. The van der Waals surface area contributed by atoms with Crippen LogP contribution in [0.1, 0.15) is 70.4 Å². The molecule has 1 aromatic rings. The summed E-state index contributed by atoms with van der Waals surface area (Å²) in [6.45, 7) is 18.3. The molecule has 0 aliphatic heterocycles. The zero-order valence-electron chi connectivity index (χ0n) is 19.1. The standard InChI is InChI=1S/C21H36FNO4SSi/c1-10-26-19(24)15-11-12-16(17(22)13-15)18(23-28(25)20(2,3)4)14-27-29(8,9)21(5,6)7/h11-13,18,23H,10,14H2,1-9H3. The van der Waals surface area contributed by atoms with Crippen LogP contribution in [0.5, 0.6) is 0 Å². The maximum atomic E-state index is 14.9. The van der Waals surface area contributed by atoms with Gasteiger partial charge >= 0.3 is 5.97 Å². The summed E-state index contributed by atoms with van der Waals surface area (Å²) in [7, 11) is -2.09. The van der Waals surface area contributed by atoms with Gasteiger partial charge in [-0.25, -0.2) is 9.18 Å². The highest BCUT2D eigenvalue weighted by Gasteiger charge is 2.39. The van der Waals surface area contributed by atoms with Gasteiger partial charge in [0.2, 0.25) is 0 Å². The number of carbonyl (C=O) groups is 1. The van der Waals surface area contributed by atoms with Crippen molar-refractivity contribution < 1.29 is 22.9 Å². The van der Waals surface area contributed by atoms with Gasteiger partial charge in [-0.15, -0.1) is 4.72 Å². The van der Waals surface area contributed by atoms with Gasteiger partial charge in [0.05, 0.1) is 18.8 Å². The zero-order chi connectivity index (χ0) is 22.6. The maximum absolute atomic E-state index is 14.9. The lowest BCUT2D eigenvalue weighted by molar-refractivity contribution is 0.0525. The van der Waals surface area contributed by atoms with E-state index in [0.29, 0.717) is 5.56 Å². The minimum absolute atomic E-state index is 0.00690. The summed E-state index contributed by atoms with van der Waals surface area (Å²) in [5, 5.41) is -0.00690. The second kappa shape index (κ2) is 9.92. The van der Waals surface area contributed by atoms with E-state index in [-0.39, 0.29) is 23.8 Å². The van der Waals surface area contributed by atoms with Crippen molar-refractivity contribution in [1.82, 2.24) is 4.72 Å². The predicted octanol–water partition coefficient (Wildman–Crippen LogP) is 5.12. The molecule has 0 spiro atoms. The number of carbonyl (C=O) groups excluding carboxylic acids is 1. The highest BCUT2D eigenvalue weighted by molar-refractivity contribution is 7.90. The Morgan fingerprint density at radius 1 is 1.24 bits per heavy atom. The van der Waals surface area contributed by atoms with Crippen LogP contribution in [-0.4, -0.2) is 36.8 Å². The van der Waals surface area contributed by atoms with Crippen LogP contribution in [0.3, 0.4) is 0 Å². The molecule has 1 rings (SSSR count). The van der Waals surface area contributed by atoms with Crippen LogP contribution in [0, 0.1) is 5.82 Å². The van der Waals surface area contributed by atoms with Crippen LogP contribution in [0.15, 0.2) is 18.2 Å². The van der Waals surface area contributed by atoms with Crippen molar-refractivity contribution in [2.24, 2.45) is 0 Å². The molecule has 0 saturated carbocycles. The van der Waals surface area contributed by atoms with E-state index >= 15 is 0 Å². The number of nitrogens with one attached hydrogen (secondary N) is 1. The molecular weight excluding hydrogens is 409 g/mol. The van der Waals surface area contributed by atoms with E-state index in [9.17, 15) is 13.7 Å². The normalized spacial score (nSPS) is 15.1. The fourth-order valence-corrected chi connectivity index (χ4v) is 3.98. The molecule has 0 aliphatic rings. The average molecular weight is 446 g/mol.